The van der Waals surface area contributed by atoms with Gasteiger partial charge in [0.2, 0.25) is 0 Å². The van der Waals surface area contributed by atoms with Gasteiger partial charge in [0, 0.05) is 49.4 Å². The van der Waals surface area contributed by atoms with Gasteiger partial charge < -0.3 is 19.5 Å². The lowest BCUT2D eigenvalue weighted by atomic mass is 10.0. The zero-order valence-electron chi connectivity index (χ0n) is 16.9. The van der Waals surface area contributed by atoms with E-state index < -0.39 is 5.97 Å². The number of hydrogen-bond donors (Lipinski definition) is 1. The molecule has 0 aliphatic carbocycles. The second kappa shape index (κ2) is 8.96. The molecule has 0 bridgehead atoms. The summed E-state index contributed by atoms with van der Waals surface area (Å²) in [5.41, 5.74) is 1.60. The van der Waals surface area contributed by atoms with Crippen LogP contribution in [0.3, 0.4) is 0 Å². The summed E-state index contributed by atoms with van der Waals surface area (Å²) in [6.07, 6.45) is 0. The second-order valence-electron chi connectivity index (χ2n) is 7.00. The number of carboxylic acid groups (broad SMARTS) is 1. The van der Waals surface area contributed by atoms with Crippen LogP contribution < -0.4 is 9.47 Å². The molecule has 29 heavy (non-hydrogen) atoms. The first-order chi connectivity index (χ1) is 13.9. The van der Waals surface area contributed by atoms with Crippen LogP contribution in [0.15, 0.2) is 42.5 Å². The minimum Gasteiger partial charge on any atom is -0.497 e. The highest BCUT2D eigenvalue weighted by atomic mass is 16.5. The van der Waals surface area contributed by atoms with E-state index >= 15 is 0 Å². The molecule has 3 rings (SSSR count). The lowest BCUT2D eigenvalue weighted by Gasteiger charge is -2.38. The van der Waals surface area contributed by atoms with Crippen LogP contribution in [0.4, 0.5) is 0 Å². The van der Waals surface area contributed by atoms with Crippen LogP contribution in [0.1, 0.15) is 39.2 Å². The maximum atomic E-state index is 12.8. The molecule has 1 fully saturated rings. The standard InChI is InChI=1S/C22H26N2O5/c1-15(19-8-7-18(28-2)14-20(19)29-3)23-9-11-24(12-10-23)21(25)16-5-4-6-17(13-16)22(26)27/h4-8,13-15H,9-12H2,1-3H3,(H,26,27). The zero-order chi connectivity index (χ0) is 21.0. The van der Waals surface area contributed by atoms with Crippen LogP contribution in [-0.4, -0.2) is 67.2 Å². The molecule has 1 aliphatic heterocycles. The van der Waals surface area contributed by atoms with Crippen molar-refractivity contribution >= 4 is 11.9 Å². The first-order valence-electron chi connectivity index (χ1n) is 9.53. The van der Waals surface area contributed by atoms with Gasteiger partial charge in [0.15, 0.2) is 0 Å². The van der Waals surface area contributed by atoms with Crippen molar-refractivity contribution in [2.45, 2.75) is 13.0 Å². The molecule has 0 spiro atoms. The van der Waals surface area contributed by atoms with Crippen LogP contribution in [0.2, 0.25) is 0 Å². The van der Waals surface area contributed by atoms with Crippen molar-refractivity contribution < 1.29 is 24.2 Å². The molecule has 1 aliphatic rings. The van der Waals surface area contributed by atoms with E-state index in [1.165, 1.54) is 12.1 Å². The van der Waals surface area contributed by atoms with Crippen LogP contribution in [0.25, 0.3) is 0 Å². The molecule has 1 amide bonds. The highest BCUT2D eigenvalue weighted by molar-refractivity contribution is 5.97. The summed E-state index contributed by atoms with van der Waals surface area (Å²) in [6, 6.07) is 12.1. The van der Waals surface area contributed by atoms with Crippen LogP contribution in [0.5, 0.6) is 11.5 Å². The Hall–Kier alpha value is -3.06. The molecule has 1 heterocycles. The number of carbonyl (C=O) groups excluding carboxylic acids is 1. The molecule has 0 saturated carbocycles. The summed E-state index contributed by atoms with van der Waals surface area (Å²) in [5, 5.41) is 9.13. The van der Waals surface area contributed by atoms with E-state index in [4.69, 9.17) is 14.6 Å². The molecule has 7 nitrogen and oxygen atoms in total. The molecule has 2 aromatic carbocycles. The Balaban J connectivity index is 1.66. The number of ether oxygens (including phenoxy) is 2. The van der Waals surface area contributed by atoms with Crippen molar-refractivity contribution in [3.63, 3.8) is 0 Å². The Kier molecular flexibility index (Phi) is 6.39. The molecule has 0 radical (unpaired) electrons. The van der Waals surface area contributed by atoms with Crippen molar-refractivity contribution in [2.75, 3.05) is 40.4 Å². The third-order valence-corrected chi connectivity index (χ3v) is 5.40. The number of carboxylic acids is 1. The largest absolute Gasteiger partial charge is 0.497 e. The molecule has 1 atom stereocenters. The lowest BCUT2D eigenvalue weighted by molar-refractivity contribution is 0.0580. The first kappa shape index (κ1) is 20.7. The van der Waals surface area contributed by atoms with Gasteiger partial charge in [-0.25, -0.2) is 4.79 Å². The van der Waals surface area contributed by atoms with E-state index in [1.54, 1.807) is 31.3 Å². The number of rotatable bonds is 6. The molecular weight excluding hydrogens is 372 g/mol. The van der Waals surface area contributed by atoms with Gasteiger partial charge in [-0.15, -0.1) is 0 Å². The second-order valence-corrected chi connectivity index (χ2v) is 7.00. The van der Waals surface area contributed by atoms with E-state index in [0.29, 0.717) is 18.7 Å². The maximum Gasteiger partial charge on any atom is 0.335 e. The fraction of sp³-hybridized carbons (Fsp3) is 0.364. The number of hydrogen-bond acceptors (Lipinski definition) is 5. The highest BCUT2D eigenvalue weighted by Crippen LogP contribution is 2.33. The first-order valence-corrected chi connectivity index (χ1v) is 9.53. The van der Waals surface area contributed by atoms with Gasteiger partial charge in [-0.05, 0) is 31.2 Å². The number of nitrogens with zero attached hydrogens (tertiary/aromatic N) is 2. The number of amides is 1. The average molecular weight is 398 g/mol. The molecule has 2 aromatic rings. The van der Waals surface area contributed by atoms with Crippen molar-refractivity contribution in [2.24, 2.45) is 0 Å². The predicted octanol–water partition coefficient (Wildman–Crippen LogP) is 2.92. The number of carbonyl (C=O) groups is 2. The summed E-state index contributed by atoms with van der Waals surface area (Å²) in [5.74, 6) is 0.354. The zero-order valence-corrected chi connectivity index (χ0v) is 16.9. The molecule has 0 aromatic heterocycles. The molecule has 1 unspecified atom stereocenters. The summed E-state index contributed by atoms with van der Waals surface area (Å²) in [7, 11) is 3.27. The van der Waals surface area contributed by atoms with Crippen molar-refractivity contribution in [1.82, 2.24) is 9.80 Å². The van der Waals surface area contributed by atoms with Gasteiger partial charge in [-0.3, -0.25) is 9.69 Å². The van der Waals surface area contributed by atoms with Crippen LogP contribution in [-0.2, 0) is 0 Å². The Morgan fingerprint density at radius 1 is 0.966 bits per heavy atom. The van der Waals surface area contributed by atoms with Crippen molar-refractivity contribution in [3.05, 3.63) is 59.2 Å². The Morgan fingerprint density at radius 3 is 2.28 bits per heavy atom. The van der Waals surface area contributed by atoms with Gasteiger partial charge in [0.05, 0.1) is 19.8 Å². The van der Waals surface area contributed by atoms with Gasteiger partial charge >= 0.3 is 5.97 Å². The third-order valence-electron chi connectivity index (χ3n) is 5.40. The number of methoxy groups -OCH3 is 2. The molecular formula is C22H26N2O5. The normalized spacial score (nSPS) is 15.6. The van der Waals surface area contributed by atoms with E-state index in [-0.39, 0.29) is 17.5 Å². The summed E-state index contributed by atoms with van der Waals surface area (Å²) < 4.78 is 10.8. The third kappa shape index (κ3) is 4.51. The van der Waals surface area contributed by atoms with Gasteiger partial charge in [-0.2, -0.15) is 0 Å². The maximum absolute atomic E-state index is 12.8. The van der Waals surface area contributed by atoms with E-state index in [0.717, 1.165) is 30.2 Å². The summed E-state index contributed by atoms with van der Waals surface area (Å²) >= 11 is 0. The Bertz CT molecular complexity index is 891. The highest BCUT2D eigenvalue weighted by Gasteiger charge is 2.27. The summed E-state index contributed by atoms with van der Waals surface area (Å²) in [6.45, 7) is 4.73. The smallest absolute Gasteiger partial charge is 0.335 e. The fourth-order valence-electron chi connectivity index (χ4n) is 3.64. The number of benzene rings is 2. The quantitative estimate of drug-likeness (QED) is 0.806. The minimum atomic E-state index is -1.04. The van der Waals surface area contributed by atoms with Gasteiger partial charge in [0.1, 0.15) is 11.5 Å². The van der Waals surface area contributed by atoms with Crippen molar-refractivity contribution in [1.29, 1.82) is 0 Å². The summed E-state index contributed by atoms with van der Waals surface area (Å²) in [4.78, 5) is 28.0. The topological polar surface area (TPSA) is 79.3 Å². The van der Waals surface area contributed by atoms with Crippen molar-refractivity contribution in [3.8, 4) is 11.5 Å². The lowest BCUT2D eigenvalue weighted by Crippen LogP contribution is -2.49. The predicted molar refractivity (Wildman–Crippen MR) is 109 cm³/mol. The molecule has 7 heteroatoms. The van der Waals surface area contributed by atoms with E-state index in [2.05, 4.69) is 11.8 Å². The van der Waals surface area contributed by atoms with E-state index in [9.17, 15) is 9.59 Å². The Labute approximate surface area is 170 Å². The minimum absolute atomic E-state index is 0.120. The van der Waals surface area contributed by atoms with Gasteiger partial charge in [-0.1, -0.05) is 12.1 Å². The number of aromatic carboxylic acids is 1. The number of piperazine rings is 1. The van der Waals surface area contributed by atoms with Crippen LogP contribution >= 0.6 is 0 Å². The van der Waals surface area contributed by atoms with Gasteiger partial charge in [0.25, 0.3) is 5.91 Å². The average Bonchev–Trinajstić information content (AvgIpc) is 2.77. The SMILES string of the molecule is COc1ccc(C(C)N2CCN(C(=O)c3cccc(C(=O)O)c3)CC2)c(OC)c1. The fourth-order valence-corrected chi connectivity index (χ4v) is 3.64. The molecule has 1 N–H and O–H groups in total. The monoisotopic (exact) mass is 398 g/mol. The van der Waals surface area contributed by atoms with Crippen LogP contribution in [0, 0.1) is 0 Å². The molecule has 1 saturated heterocycles. The van der Waals surface area contributed by atoms with E-state index in [1.807, 2.05) is 18.2 Å². The molecule has 154 valence electrons. The Morgan fingerprint density at radius 2 is 1.66 bits per heavy atom.